The Morgan fingerprint density at radius 1 is 0.952 bits per heavy atom. The van der Waals surface area contributed by atoms with E-state index in [2.05, 4.69) is 67.7 Å². The average Bonchev–Trinajstić information content (AvgIpc) is 3.24. The van der Waals surface area contributed by atoms with E-state index in [0.29, 0.717) is 5.56 Å². The molecule has 0 amide bonds. The number of aliphatic imine (C=N–C) groups is 1. The zero-order chi connectivity index (χ0) is 32.1. The minimum absolute atomic E-state index is 0.0230. The third-order valence-corrected chi connectivity index (χ3v) is 19.0. The maximum atomic E-state index is 13.1. The summed E-state index contributed by atoms with van der Waals surface area (Å²) in [6.07, 6.45) is -1.05. The Labute approximate surface area is 258 Å². The molecule has 1 fully saturated rings. The van der Waals surface area contributed by atoms with Crippen molar-refractivity contribution in [3.05, 3.63) is 35.4 Å². The Morgan fingerprint density at radius 3 is 2.05 bits per heavy atom. The van der Waals surface area contributed by atoms with Crippen LogP contribution in [0.1, 0.15) is 84.2 Å². The van der Waals surface area contributed by atoms with Gasteiger partial charge in [0.05, 0.1) is 24.4 Å². The number of carbonyl (C=O) groups is 2. The molecule has 2 heterocycles. The monoisotopic (exact) mass is 637 g/mol. The molecule has 2 aliphatic rings. The van der Waals surface area contributed by atoms with Crippen molar-refractivity contribution in [2.24, 2.45) is 4.99 Å². The van der Waals surface area contributed by atoms with E-state index in [4.69, 9.17) is 23.3 Å². The van der Waals surface area contributed by atoms with Crippen LogP contribution in [0.3, 0.4) is 0 Å². The zero-order valence-electron chi connectivity index (χ0n) is 27.7. The number of nitrogens with zero attached hydrogens (tertiary/aromatic N) is 1. The fourth-order valence-corrected chi connectivity index (χ4v) is 7.94. The van der Waals surface area contributed by atoms with Crippen LogP contribution in [0.4, 0.5) is 0 Å². The molecule has 0 bridgehead atoms. The highest BCUT2D eigenvalue weighted by Crippen LogP contribution is 2.49. The van der Waals surface area contributed by atoms with Gasteiger partial charge in [0.1, 0.15) is 17.1 Å². The fraction of sp³-hybridized carbons (Fsp3) is 0.710. The lowest BCUT2D eigenvalue weighted by Crippen LogP contribution is -2.58. The second-order valence-electron chi connectivity index (χ2n) is 15.4. The van der Waals surface area contributed by atoms with Crippen LogP contribution in [0.25, 0.3) is 0 Å². The Hall–Kier alpha value is -1.51. The first-order valence-corrected chi connectivity index (χ1v) is 21.4. The number of carbonyl (C=O) groups excluding carboxylic acids is 1. The van der Waals surface area contributed by atoms with E-state index >= 15 is 0 Å². The van der Waals surface area contributed by atoms with Crippen molar-refractivity contribution in [3.8, 4) is 0 Å². The number of carboxylic acids is 1. The molecule has 3 rings (SSSR count). The average molecular weight is 638 g/mol. The molecular weight excluding hydrogens is 587 g/mol. The number of rotatable bonds is 8. The molecule has 0 aromatic heterocycles. The van der Waals surface area contributed by atoms with Crippen molar-refractivity contribution < 1.29 is 33.0 Å². The number of hydrogen-bond acceptors (Lipinski definition) is 8. The van der Waals surface area contributed by atoms with Crippen molar-refractivity contribution >= 4 is 45.4 Å². The molecule has 236 valence electrons. The molecular formula is C31H51NO7SSi2. The van der Waals surface area contributed by atoms with Gasteiger partial charge in [-0.25, -0.2) is 9.59 Å². The van der Waals surface area contributed by atoms with E-state index in [0.717, 1.165) is 0 Å². The molecule has 1 aromatic rings. The number of aromatic carboxylic acids is 1. The van der Waals surface area contributed by atoms with Gasteiger partial charge in [-0.05, 0) is 68.7 Å². The number of ether oxygens (including phenoxy) is 2. The van der Waals surface area contributed by atoms with Gasteiger partial charge in [-0.3, -0.25) is 4.99 Å². The summed E-state index contributed by atoms with van der Waals surface area (Å²) >= 11 is 1.26. The second kappa shape index (κ2) is 12.1. The van der Waals surface area contributed by atoms with Crippen LogP contribution in [0.5, 0.6) is 0 Å². The molecule has 1 saturated heterocycles. The van der Waals surface area contributed by atoms with Crippen molar-refractivity contribution in [1.82, 2.24) is 0 Å². The van der Waals surface area contributed by atoms with Crippen LogP contribution in [0, 0.1) is 0 Å². The molecule has 5 atom stereocenters. The molecule has 0 radical (unpaired) electrons. The molecule has 8 nitrogen and oxygen atoms in total. The van der Waals surface area contributed by atoms with E-state index in [-0.39, 0.29) is 27.3 Å². The van der Waals surface area contributed by atoms with Crippen LogP contribution >= 0.6 is 11.8 Å². The van der Waals surface area contributed by atoms with Crippen molar-refractivity contribution in [3.63, 3.8) is 0 Å². The maximum Gasteiger partial charge on any atom is 0.363 e. The zero-order valence-corrected chi connectivity index (χ0v) is 30.5. The van der Waals surface area contributed by atoms with E-state index < -0.39 is 63.8 Å². The van der Waals surface area contributed by atoms with E-state index in [1.165, 1.54) is 11.8 Å². The minimum Gasteiger partial charge on any atom is -0.478 e. The van der Waals surface area contributed by atoms with Gasteiger partial charge in [-0.15, -0.1) is 0 Å². The van der Waals surface area contributed by atoms with Gasteiger partial charge in [0, 0.05) is 5.92 Å². The Bertz CT molecular complexity index is 1200. The Balaban J connectivity index is 2.18. The minimum atomic E-state index is -2.41. The molecule has 2 aliphatic heterocycles. The highest BCUT2D eigenvalue weighted by atomic mass is 32.2. The SMILES string of the molecule is CC(C)(C)OC(=O)C1=N[C@@H]2[C@H](O[Si](C)(C)C(C)(C)C)[C@H](c3ccccc3C(=O)O)[C@H](CO[Si](C)(C)C(C)(C)C)O[C@@H]2S1. The summed E-state index contributed by atoms with van der Waals surface area (Å²) in [5.41, 5.74) is -0.341. The summed E-state index contributed by atoms with van der Waals surface area (Å²) < 4.78 is 26.3. The number of hydrogen-bond donors (Lipinski definition) is 1. The molecule has 0 unspecified atom stereocenters. The van der Waals surface area contributed by atoms with Gasteiger partial charge < -0.3 is 23.4 Å². The van der Waals surface area contributed by atoms with Gasteiger partial charge in [0.25, 0.3) is 0 Å². The predicted octanol–water partition coefficient (Wildman–Crippen LogP) is 7.46. The summed E-state index contributed by atoms with van der Waals surface area (Å²) in [7, 11) is -4.59. The number of carboxylic acid groups (broad SMARTS) is 1. The number of benzene rings is 1. The summed E-state index contributed by atoms with van der Waals surface area (Å²) in [5.74, 6) is -1.99. The summed E-state index contributed by atoms with van der Waals surface area (Å²) in [6.45, 7) is 27.6. The predicted molar refractivity (Wildman–Crippen MR) is 175 cm³/mol. The van der Waals surface area contributed by atoms with Crippen LogP contribution < -0.4 is 0 Å². The lowest BCUT2D eigenvalue weighted by Gasteiger charge is -2.49. The fourth-order valence-electron chi connectivity index (χ4n) is 4.52. The van der Waals surface area contributed by atoms with Crippen molar-refractivity contribution in [2.45, 2.75) is 134 Å². The summed E-state index contributed by atoms with van der Waals surface area (Å²) in [5, 5.41) is 10.3. The third-order valence-electron chi connectivity index (χ3n) is 8.95. The highest BCUT2D eigenvalue weighted by Gasteiger charge is 2.55. The number of thioether (sulfide) groups is 1. The summed E-state index contributed by atoms with van der Waals surface area (Å²) in [4.78, 5) is 30.5. The summed E-state index contributed by atoms with van der Waals surface area (Å²) in [6, 6.07) is 6.52. The highest BCUT2D eigenvalue weighted by molar-refractivity contribution is 8.16. The lowest BCUT2D eigenvalue weighted by molar-refractivity contribution is -0.145. The first kappa shape index (κ1) is 35.0. The topological polar surface area (TPSA) is 104 Å². The first-order valence-electron chi connectivity index (χ1n) is 14.7. The normalized spacial score (nSPS) is 25.5. The molecule has 0 saturated carbocycles. The van der Waals surface area contributed by atoms with Crippen LogP contribution in [-0.4, -0.2) is 74.6 Å². The molecule has 1 N–H and O–H groups in total. The second-order valence-corrected chi connectivity index (χ2v) is 26.1. The molecule has 1 aromatic carbocycles. The van der Waals surface area contributed by atoms with Crippen LogP contribution in [-0.2, 0) is 23.1 Å². The van der Waals surface area contributed by atoms with E-state index in [9.17, 15) is 14.7 Å². The van der Waals surface area contributed by atoms with Crippen molar-refractivity contribution in [1.29, 1.82) is 0 Å². The maximum absolute atomic E-state index is 13.1. The lowest BCUT2D eigenvalue weighted by atomic mass is 9.81. The molecule has 0 spiro atoms. The number of esters is 1. The number of fused-ring (bicyclic) bond motifs is 1. The van der Waals surface area contributed by atoms with Crippen LogP contribution in [0.15, 0.2) is 29.3 Å². The van der Waals surface area contributed by atoms with E-state index in [1.54, 1.807) is 12.1 Å². The molecule has 11 heteroatoms. The Morgan fingerprint density at radius 2 is 1.52 bits per heavy atom. The quantitative estimate of drug-likeness (QED) is 0.231. The standard InChI is InChI=1S/C31H51NO7SSi2/c1-29(2,3)38-27(35)25-32-23-24(39-42(12,13)31(7,8)9)22(19-16-14-15-17-20(19)26(33)34)21(37-28(23)40-25)18-36-41(10,11)30(4,5)6/h14-17,21-24,28H,18H2,1-13H3,(H,33,34)/t21-,22+,23+,24+,28+/m0/s1. The van der Waals surface area contributed by atoms with Gasteiger partial charge in [-0.1, -0.05) is 71.5 Å². The van der Waals surface area contributed by atoms with Gasteiger partial charge in [0.15, 0.2) is 21.7 Å². The van der Waals surface area contributed by atoms with Gasteiger partial charge in [-0.2, -0.15) is 0 Å². The third kappa shape index (κ3) is 7.76. The van der Waals surface area contributed by atoms with Crippen molar-refractivity contribution in [2.75, 3.05) is 6.61 Å². The van der Waals surface area contributed by atoms with Crippen LogP contribution in [0.2, 0.25) is 36.3 Å². The van der Waals surface area contributed by atoms with Gasteiger partial charge >= 0.3 is 11.9 Å². The smallest absolute Gasteiger partial charge is 0.363 e. The first-order chi connectivity index (χ1) is 19.0. The molecule has 0 aliphatic carbocycles. The van der Waals surface area contributed by atoms with E-state index in [1.807, 2.05) is 32.9 Å². The largest absolute Gasteiger partial charge is 0.478 e. The molecule has 42 heavy (non-hydrogen) atoms. The van der Waals surface area contributed by atoms with Gasteiger partial charge in [0.2, 0.25) is 0 Å². The Kier molecular flexibility index (Phi) is 10.1.